The van der Waals surface area contributed by atoms with Gasteiger partial charge in [-0.2, -0.15) is 0 Å². The van der Waals surface area contributed by atoms with Crippen LogP contribution in [0.5, 0.6) is 0 Å². The summed E-state index contributed by atoms with van der Waals surface area (Å²) in [5, 5.41) is 0.842. The third-order valence-corrected chi connectivity index (χ3v) is 5.11. The van der Waals surface area contributed by atoms with Gasteiger partial charge in [-0.15, -0.1) is 11.3 Å². The van der Waals surface area contributed by atoms with Gasteiger partial charge in [0.15, 0.2) is 0 Å². The molecule has 2 aromatic rings. The summed E-state index contributed by atoms with van der Waals surface area (Å²) in [6.45, 7) is 5.29. The summed E-state index contributed by atoms with van der Waals surface area (Å²) in [7, 11) is 0. The number of fused-ring (bicyclic) bond motifs is 1. The maximum atomic E-state index is 12.5. The highest BCUT2D eigenvalue weighted by atomic mass is 32.1. The molecule has 0 radical (unpaired) electrons. The number of thiophene rings is 1. The van der Waals surface area contributed by atoms with Gasteiger partial charge < -0.3 is 18.9 Å². The van der Waals surface area contributed by atoms with Crippen molar-refractivity contribution >= 4 is 23.4 Å². The molecule has 2 aromatic heterocycles. The number of aromatic nitrogens is 1. The molecule has 128 valence electrons. The van der Waals surface area contributed by atoms with Crippen LogP contribution in [-0.2, 0) is 22.4 Å². The molecule has 6 nitrogen and oxygen atoms in total. The molecule has 3 rings (SSSR count). The van der Waals surface area contributed by atoms with Crippen LogP contribution >= 0.6 is 11.3 Å². The van der Waals surface area contributed by atoms with Gasteiger partial charge in [-0.3, -0.25) is 0 Å². The molecule has 0 saturated carbocycles. The molecule has 0 saturated heterocycles. The number of rotatable bonds is 4. The monoisotopic (exact) mass is 348 g/mol. The first kappa shape index (κ1) is 16.6. The Morgan fingerprint density at radius 2 is 1.88 bits per heavy atom. The molecule has 1 amide bonds. The second kappa shape index (κ2) is 7.09. The Balaban J connectivity index is 1.98. The largest absolute Gasteiger partial charge is 0.462 e. The first-order chi connectivity index (χ1) is 11.7. The zero-order chi connectivity index (χ0) is 17.1. The average molecular weight is 348 g/mol. The van der Waals surface area contributed by atoms with Gasteiger partial charge in [-0.25, -0.2) is 9.59 Å². The van der Waals surface area contributed by atoms with E-state index in [0.717, 1.165) is 15.4 Å². The van der Waals surface area contributed by atoms with Crippen LogP contribution in [0, 0.1) is 0 Å². The number of esters is 1. The molecule has 7 heteroatoms. The lowest BCUT2D eigenvalue weighted by atomic mass is 10.0. The van der Waals surface area contributed by atoms with E-state index in [2.05, 4.69) is 0 Å². The number of nitrogens with zero attached hydrogens (tertiary/aromatic N) is 2. The molecule has 1 aliphatic rings. The highest BCUT2D eigenvalue weighted by Crippen LogP contribution is 2.36. The minimum Gasteiger partial charge on any atom is -0.462 e. The van der Waals surface area contributed by atoms with Gasteiger partial charge in [0.05, 0.1) is 25.3 Å². The molecule has 0 N–H and O–H groups in total. The molecule has 0 unspecified atom stereocenters. The van der Waals surface area contributed by atoms with E-state index in [0.29, 0.717) is 38.3 Å². The maximum absolute atomic E-state index is 12.5. The highest BCUT2D eigenvalue weighted by molar-refractivity contribution is 7.15. The fourth-order valence-corrected chi connectivity index (χ4v) is 4.14. The zero-order valence-corrected chi connectivity index (χ0v) is 14.6. The van der Waals surface area contributed by atoms with Gasteiger partial charge in [0.25, 0.3) is 0 Å². The van der Waals surface area contributed by atoms with Gasteiger partial charge in [-0.05, 0) is 38.0 Å². The van der Waals surface area contributed by atoms with Crippen LogP contribution in [0.2, 0.25) is 0 Å². The lowest BCUT2D eigenvalue weighted by Gasteiger charge is -2.26. The Bertz CT molecular complexity index is 736. The average Bonchev–Trinajstić information content (AvgIpc) is 3.21. The van der Waals surface area contributed by atoms with Gasteiger partial charge in [-0.1, -0.05) is 0 Å². The van der Waals surface area contributed by atoms with Gasteiger partial charge in [0.1, 0.15) is 5.00 Å². The quantitative estimate of drug-likeness (QED) is 0.796. The number of hydrogen-bond donors (Lipinski definition) is 0. The first-order valence-corrected chi connectivity index (χ1v) is 8.84. The summed E-state index contributed by atoms with van der Waals surface area (Å²) in [6, 6.07) is 3.83. The van der Waals surface area contributed by atoms with Crippen LogP contribution in [0.4, 0.5) is 4.79 Å². The second-order valence-electron chi connectivity index (χ2n) is 5.37. The van der Waals surface area contributed by atoms with E-state index in [4.69, 9.17) is 9.47 Å². The molecule has 1 aliphatic heterocycles. The Labute approximate surface area is 144 Å². The van der Waals surface area contributed by atoms with Crippen LogP contribution < -0.4 is 0 Å². The van der Waals surface area contributed by atoms with E-state index < -0.39 is 0 Å². The van der Waals surface area contributed by atoms with E-state index in [1.54, 1.807) is 18.7 Å². The molecule has 3 heterocycles. The summed E-state index contributed by atoms with van der Waals surface area (Å²) in [6.07, 6.45) is 4.13. The Kier molecular flexibility index (Phi) is 4.89. The van der Waals surface area contributed by atoms with Crippen molar-refractivity contribution in [1.29, 1.82) is 0 Å². The lowest BCUT2D eigenvalue weighted by molar-refractivity contribution is 0.0525. The molecular weight excluding hydrogens is 328 g/mol. The molecule has 0 bridgehead atoms. The van der Waals surface area contributed by atoms with E-state index in [1.807, 2.05) is 29.1 Å². The third kappa shape index (κ3) is 3.03. The lowest BCUT2D eigenvalue weighted by Crippen LogP contribution is -2.36. The highest BCUT2D eigenvalue weighted by Gasteiger charge is 2.31. The molecule has 0 aromatic carbocycles. The second-order valence-corrected chi connectivity index (χ2v) is 6.45. The van der Waals surface area contributed by atoms with Crippen molar-refractivity contribution in [3.63, 3.8) is 0 Å². The predicted molar refractivity (Wildman–Crippen MR) is 90.7 cm³/mol. The minimum atomic E-state index is -0.309. The molecule has 0 atom stereocenters. The Morgan fingerprint density at radius 3 is 2.54 bits per heavy atom. The summed E-state index contributed by atoms with van der Waals surface area (Å²) >= 11 is 1.53. The number of hydrogen-bond acceptors (Lipinski definition) is 5. The number of carbonyl (C=O) groups excluding carboxylic acids is 2. The van der Waals surface area contributed by atoms with E-state index in [1.165, 1.54) is 11.3 Å². The normalized spacial score (nSPS) is 13.5. The number of ether oxygens (including phenoxy) is 2. The summed E-state index contributed by atoms with van der Waals surface area (Å²) in [5.41, 5.74) is 1.61. The SMILES string of the molecule is CCOC(=O)c1c(-n2cccc2)sc2c1CCN(C(=O)OCC)C2. The fourth-order valence-electron chi connectivity index (χ4n) is 2.83. The van der Waals surface area contributed by atoms with Gasteiger partial charge in [0, 0.05) is 23.8 Å². The smallest absolute Gasteiger partial charge is 0.410 e. The van der Waals surface area contributed by atoms with Crippen LogP contribution in [-0.4, -0.2) is 41.3 Å². The van der Waals surface area contributed by atoms with Gasteiger partial charge >= 0.3 is 12.1 Å². The third-order valence-electron chi connectivity index (χ3n) is 3.88. The minimum absolute atomic E-state index is 0.303. The van der Waals surface area contributed by atoms with Crippen LogP contribution in [0.1, 0.15) is 34.6 Å². The standard InChI is InChI=1S/C17H20N2O4S/c1-3-22-16(20)14-12-7-10-19(17(21)23-4-2)11-13(12)24-15(14)18-8-5-6-9-18/h5-6,8-9H,3-4,7,10-11H2,1-2H3. The topological polar surface area (TPSA) is 60.8 Å². The van der Waals surface area contributed by atoms with Crippen molar-refractivity contribution in [2.45, 2.75) is 26.8 Å². The van der Waals surface area contributed by atoms with Crippen molar-refractivity contribution in [3.8, 4) is 5.00 Å². The fraction of sp³-hybridized carbons (Fsp3) is 0.412. The van der Waals surface area contributed by atoms with Gasteiger partial charge in [0.2, 0.25) is 0 Å². The van der Waals surface area contributed by atoms with E-state index >= 15 is 0 Å². The number of amides is 1. The van der Waals surface area contributed by atoms with Crippen molar-refractivity contribution in [3.05, 3.63) is 40.5 Å². The predicted octanol–water partition coefficient (Wildman–Crippen LogP) is 3.23. The Morgan fingerprint density at radius 1 is 1.17 bits per heavy atom. The van der Waals surface area contributed by atoms with Crippen molar-refractivity contribution in [2.75, 3.05) is 19.8 Å². The maximum Gasteiger partial charge on any atom is 0.410 e. The Hall–Kier alpha value is -2.28. The van der Waals surface area contributed by atoms with E-state index in [-0.39, 0.29) is 12.1 Å². The molecule has 24 heavy (non-hydrogen) atoms. The summed E-state index contributed by atoms with van der Waals surface area (Å²) in [5.74, 6) is -0.303. The molecular formula is C17H20N2O4S. The van der Waals surface area contributed by atoms with Crippen molar-refractivity contribution in [1.82, 2.24) is 9.47 Å². The van der Waals surface area contributed by atoms with Crippen LogP contribution in [0.25, 0.3) is 5.00 Å². The zero-order valence-electron chi connectivity index (χ0n) is 13.8. The summed E-state index contributed by atoms with van der Waals surface area (Å²) < 4.78 is 12.3. The molecule has 0 spiro atoms. The van der Waals surface area contributed by atoms with Crippen LogP contribution in [0.15, 0.2) is 24.5 Å². The molecule has 0 fully saturated rings. The summed E-state index contributed by atoms with van der Waals surface area (Å²) in [4.78, 5) is 27.1. The van der Waals surface area contributed by atoms with Crippen molar-refractivity contribution < 1.29 is 19.1 Å². The first-order valence-electron chi connectivity index (χ1n) is 8.02. The van der Waals surface area contributed by atoms with Crippen molar-refractivity contribution in [2.24, 2.45) is 0 Å². The molecule has 0 aliphatic carbocycles. The van der Waals surface area contributed by atoms with Crippen LogP contribution in [0.3, 0.4) is 0 Å². The van der Waals surface area contributed by atoms with E-state index in [9.17, 15) is 9.59 Å². The number of carbonyl (C=O) groups is 2.